The molecule has 0 unspecified atom stereocenters. The van der Waals surface area contributed by atoms with Crippen LogP contribution in [0.4, 0.5) is 5.69 Å². The van der Waals surface area contributed by atoms with Crippen LogP contribution in [0.5, 0.6) is 0 Å². The summed E-state index contributed by atoms with van der Waals surface area (Å²) in [5, 5.41) is 0. The van der Waals surface area contributed by atoms with Gasteiger partial charge in [-0.2, -0.15) is 0 Å². The van der Waals surface area contributed by atoms with Gasteiger partial charge < -0.3 is 4.90 Å². The lowest BCUT2D eigenvalue weighted by atomic mass is 10.3. The second-order valence-electron chi connectivity index (χ2n) is 3.49. The number of amidine groups is 1. The maximum atomic E-state index is 11.8. The number of rotatable bonds is 2. The Bertz CT molecular complexity index is 424. The molecule has 92 valence electrons. The van der Waals surface area contributed by atoms with E-state index in [1.54, 1.807) is 26.2 Å². The van der Waals surface area contributed by atoms with E-state index in [1.807, 2.05) is 18.2 Å². The first kappa shape index (κ1) is 14.3. The molecule has 0 heterocycles. The second-order valence-corrected chi connectivity index (χ2v) is 5.77. The van der Waals surface area contributed by atoms with E-state index in [-0.39, 0.29) is 5.84 Å². The number of hydrogen-bond donors (Lipinski definition) is 0. The van der Waals surface area contributed by atoms with Gasteiger partial charge in [-0.25, -0.2) is 4.99 Å². The molecule has 1 aromatic rings. The van der Waals surface area contributed by atoms with E-state index in [2.05, 4.69) is 4.99 Å². The van der Waals surface area contributed by atoms with Crippen LogP contribution in [0.2, 0.25) is 0 Å². The van der Waals surface area contributed by atoms with E-state index in [9.17, 15) is 4.79 Å². The van der Waals surface area contributed by atoms with E-state index in [1.165, 1.54) is 4.90 Å². The summed E-state index contributed by atoms with van der Waals surface area (Å²) < 4.78 is -2.00. The van der Waals surface area contributed by atoms with E-state index >= 15 is 0 Å². The Labute approximate surface area is 115 Å². The third-order valence-electron chi connectivity index (χ3n) is 1.88. The molecule has 1 aromatic carbocycles. The smallest absolute Gasteiger partial charge is 0.256 e. The summed E-state index contributed by atoms with van der Waals surface area (Å²) in [6, 6.07) is 8.99. The predicted octanol–water partition coefficient (Wildman–Crippen LogP) is 3.22. The van der Waals surface area contributed by atoms with Gasteiger partial charge in [-0.15, -0.1) is 0 Å². The lowest BCUT2D eigenvalue weighted by Crippen LogP contribution is -2.37. The van der Waals surface area contributed by atoms with Crippen molar-refractivity contribution in [2.75, 3.05) is 14.1 Å². The van der Waals surface area contributed by atoms with Gasteiger partial charge in [0, 0.05) is 14.1 Å². The van der Waals surface area contributed by atoms with Crippen LogP contribution >= 0.6 is 34.8 Å². The number of aliphatic imine (C=N–C) groups is 1. The average Bonchev–Trinajstić information content (AvgIpc) is 2.24. The van der Waals surface area contributed by atoms with Crippen LogP contribution in [-0.2, 0) is 4.79 Å². The fourth-order valence-corrected chi connectivity index (χ4v) is 1.36. The second kappa shape index (κ2) is 5.71. The molecule has 1 rings (SSSR count). The minimum absolute atomic E-state index is 0.0937. The molecule has 0 aliphatic carbocycles. The topological polar surface area (TPSA) is 32.7 Å². The molecule has 0 saturated heterocycles. The van der Waals surface area contributed by atoms with Gasteiger partial charge in [-0.05, 0) is 12.1 Å². The molecular weight excluding hydrogens is 282 g/mol. The lowest BCUT2D eigenvalue weighted by Gasteiger charge is -2.18. The Balaban J connectivity index is 3.11. The van der Waals surface area contributed by atoms with Crippen molar-refractivity contribution in [1.29, 1.82) is 0 Å². The number of carbonyl (C=O) groups is 1. The van der Waals surface area contributed by atoms with Gasteiger partial charge in [0.2, 0.25) is 5.78 Å². The minimum atomic E-state index is -2.00. The fourth-order valence-electron chi connectivity index (χ4n) is 1.11. The number of benzene rings is 1. The van der Waals surface area contributed by atoms with Crippen LogP contribution in [-0.4, -0.2) is 34.4 Å². The molecule has 0 amide bonds. The zero-order valence-corrected chi connectivity index (χ0v) is 11.6. The molecule has 0 fully saturated rings. The van der Waals surface area contributed by atoms with Gasteiger partial charge in [0.1, 0.15) is 0 Å². The third-order valence-corrected chi connectivity index (χ3v) is 2.39. The summed E-state index contributed by atoms with van der Waals surface area (Å²) in [4.78, 5) is 17.5. The van der Waals surface area contributed by atoms with Crippen LogP contribution in [0.25, 0.3) is 0 Å². The zero-order chi connectivity index (χ0) is 13.1. The van der Waals surface area contributed by atoms with Gasteiger partial charge in [0.25, 0.3) is 3.79 Å². The van der Waals surface area contributed by atoms with Crippen LogP contribution in [0.1, 0.15) is 0 Å². The molecule has 0 aliphatic heterocycles. The Kier molecular flexibility index (Phi) is 4.80. The molecule has 0 saturated carbocycles. The summed E-state index contributed by atoms with van der Waals surface area (Å²) in [6.07, 6.45) is 0. The van der Waals surface area contributed by atoms with Gasteiger partial charge in [0.05, 0.1) is 5.69 Å². The summed E-state index contributed by atoms with van der Waals surface area (Å²) >= 11 is 16.7. The molecule has 17 heavy (non-hydrogen) atoms. The van der Waals surface area contributed by atoms with Gasteiger partial charge in [0.15, 0.2) is 5.84 Å². The van der Waals surface area contributed by atoms with Crippen molar-refractivity contribution in [1.82, 2.24) is 4.90 Å². The highest BCUT2D eigenvalue weighted by Gasteiger charge is 2.35. The summed E-state index contributed by atoms with van der Waals surface area (Å²) in [5.41, 5.74) is 0.624. The number of para-hydroxylation sites is 1. The average molecular weight is 294 g/mol. The van der Waals surface area contributed by atoms with Gasteiger partial charge in [-0.1, -0.05) is 53.0 Å². The lowest BCUT2D eigenvalue weighted by molar-refractivity contribution is -0.112. The minimum Gasteiger partial charge on any atom is -0.360 e. The van der Waals surface area contributed by atoms with E-state index in [0.29, 0.717) is 5.69 Å². The number of Topliss-reactive ketones (excluding diaryl/α,β-unsaturated/α-hetero) is 1. The zero-order valence-electron chi connectivity index (χ0n) is 9.32. The molecule has 0 N–H and O–H groups in total. The number of nitrogens with zero attached hydrogens (tertiary/aromatic N) is 2. The van der Waals surface area contributed by atoms with E-state index < -0.39 is 9.58 Å². The molecule has 6 heteroatoms. The normalized spacial score (nSPS) is 12.4. The summed E-state index contributed by atoms with van der Waals surface area (Å²) in [5.74, 6) is -0.562. The third kappa shape index (κ3) is 4.19. The Morgan fingerprint density at radius 3 is 2.12 bits per heavy atom. The molecular formula is C11H11Cl3N2O. The van der Waals surface area contributed by atoms with E-state index in [4.69, 9.17) is 34.8 Å². The number of hydrogen-bond acceptors (Lipinski definition) is 2. The first-order valence-corrected chi connectivity index (χ1v) is 5.88. The predicted molar refractivity (Wildman–Crippen MR) is 72.5 cm³/mol. The molecule has 0 spiro atoms. The van der Waals surface area contributed by atoms with Crippen LogP contribution < -0.4 is 0 Å². The standard InChI is InChI=1S/C11H11Cl3N2O/c1-16(2)10(9(17)11(12,13)14)15-8-6-4-3-5-7-8/h3-7H,1-2H3. The number of ketones is 1. The van der Waals surface area contributed by atoms with Crippen molar-refractivity contribution in [2.45, 2.75) is 3.79 Å². The first-order chi connectivity index (χ1) is 7.82. The summed E-state index contributed by atoms with van der Waals surface area (Å²) in [7, 11) is 3.33. The number of alkyl halides is 3. The van der Waals surface area contributed by atoms with Crippen molar-refractivity contribution in [3.63, 3.8) is 0 Å². The molecule has 3 nitrogen and oxygen atoms in total. The largest absolute Gasteiger partial charge is 0.360 e. The Hall–Kier alpha value is -0.770. The number of carbonyl (C=O) groups excluding carboxylic acids is 1. The van der Waals surface area contributed by atoms with Crippen molar-refractivity contribution < 1.29 is 4.79 Å². The number of likely N-dealkylation sites (N-methyl/N-ethyl adjacent to an activating group) is 1. The molecule has 0 bridgehead atoms. The van der Waals surface area contributed by atoms with Gasteiger partial charge in [-0.3, -0.25) is 4.79 Å². The summed E-state index contributed by atoms with van der Waals surface area (Å²) in [6.45, 7) is 0. The quantitative estimate of drug-likeness (QED) is 0.476. The Morgan fingerprint density at radius 1 is 1.18 bits per heavy atom. The highest BCUT2D eigenvalue weighted by Crippen LogP contribution is 2.28. The van der Waals surface area contributed by atoms with E-state index in [0.717, 1.165) is 0 Å². The van der Waals surface area contributed by atoms with Gasteiger partial charge >= 0.3 is 0 Å². The molecule has 0 atom stereocenters. The maximum absolute atomic E-state index is 11.8. The molecule has 0 aliphatic rings. The monoisotopic (exact) mass is 292 g/mol. The Morgan fingerprint density at radius 2 is 1.71 bits per heavy atom. The van der Waals surface area contributed by atoms with Crippen LogP contribution in [0, 0.1) is 0 Å². The molecule has 0 radical (unpaired) electrons. The highest BCUT2D eigenvalue weighted by molar-refractivity contribution is 6.82. The van der Waals surface area contributed by atoms with Crippen molar-refractivity contribution in [2.24, 2.45) is 4.99 Å². The van der Waals surface area contributed by atoms with Crippen molar-refractivity contribution >= 4 is 52.1 Å². The van der Waals surface area contributed by atoms with Crippen LogP contribution in [0.15, 0.2) is 35.3 Å². The first-order valence-electron chi connectivity index (χ1n) is 4.75. The maximum Gasteiger partial charge on any atom is 0.256 e. The highest BCUT2D eigenvalue weighted by atomic mass is 35.6. The van der Waals surface area contributed by atoms with Crippen LogP contribution in [0.3, 0.4) is 0 Å². The molecule has 0 aromatic heterocycles. The SMILES string of the molecule is CN(C)C(=Nc1ccccc1)C(=O)C(Cl)(Cl)Cl. The fraction of sp³-hybridized carbons (Fsp3) is 0.273. The van der Waals surface area contributed by atoms with Crippen molar-refractivity contribution in [3.8, 4) is 0 Å². The number of halogens is 3. The van der Waals surface area contributed by atoms with Crippen molar-refractivity contribution in [3.05, 3.63) is 30.3 Å².